The Kier molecular flexibility index (Phi) is 10.0. The first kappa shape index (κ1) is 23.8. The molecule has 2 aromatic carbocycles. The molecule has 0 aliphatic carbocycles. The first-order valence-electron chi connectivity index (χ1n) is 9.60. The average Bonchev–Trinajstić information content (AvgIpc) is 2.71. The van der Waals surface area contributed by atoms with Crippen molar-refractivity contribution in [1.29, 1.82) is 0 Å². The van der Waals surface area contributed by atoms with Gasteiger partial charge in [-0.1, -0.05) is 46.6 Å². The van der Waals surface area contributed by atoms with Gasteiger partial charge in [0.2, 0.25) is 11.8 Å². The molecular weight excluding hydrogens is 472 g/mol. The predicted molar refractivity (Wildman–Crippen MR) is 124 cm³/mol. The van der Waals surface area contributed by atoms with E-state index in [9.17, 15) is 9.59 Å². The number of nitrogens with zero attached hydrogens (tertiary/aromatic N) is 1. The van der Waals surface area contributed by atoms with Gasteiger partial charge in [-0.25, -0.2) is 0 Å². The van der Waals surface area contributed by atoms with Crippen molar-refractivity contribution in [3.05, 3.63) is 63.6 Å². The van der Waals surface area contributed by atoms with Gasteiger partial charge < -0.3 is 10.2 Å². The van der Waals surface area contributed by atoms with E-state index < -0.39 is 6.04 Å². The molecule has 0 radical (unpaired) electrons. The number of hydrogen-bond acceptors (Lipinski definition) is 3. The van der Waals surface area contributed by atoms with Crippen LogP contribution in [-0.2, 0) is 16.1 Å². The molecule has 1 atom stereocenters. The Morgan fingerprint density at radius 3 is 2.59 bits per heavy atom. The lowest BCUT2D eigenvalue weighted by molar-refractivity contribution is -0.140. The zero-order valence-electron chi connectivity index (χ0n) is 16.7. The highest BCUT2D eigenvalue weighted by Gasteiger charge is 2.25. The Morgan fingerprint density at radius 1 is 1.21 bits per heavy atom. The fourth-order valence-electron chi connectivity index (χ4n) is 2.74. The fraction of sp³-hybridized carbons (Fsp3) is 0.364. The highest BCUT2D eigenvalue weighted by atomic mass is 79.9. The number of hydrogen-bond donors (Lipinski definition) is 1. The van der Waals surface area contributed by atoms with Crippen LogP contribution in [0.2, 0.25) is 5.02 Å². The number of carbonyl (C=O) groups is 2. The van der Waals surface area contributed by atoms with Crippen LogP contribution in [0.3, 0.4) is 0 Å². The summed E-state index contributed by atoms with van der Waals surface area (Å²) in [6.07, 6.45) is 1.21. The third-order valence-corrected chi connectivity index (χ3v) is 6.12. The van der Waals surface area contributed by atoms with Gasteiger partial charge in [0.05, 0.1) is 0 Å². The van der Waals surface area contributed by atoms with E-state index in [0.717, 1.165) is 21.4 Å². The van der Waals surface area contributed by atoms with Gasteiger partial charge in [-0.15, -0.1) is 11.8 Å². The Bertz CT molecular complexity index is 817. The van der Waals surface area contributed by atoms with Crippen LogP contribution < -0.4 is 5.32 Å². The van der Waals surface area contributed by atoms with Crippen molar-refractivity contribution in [2.75, 3.05) is 12.3 Å². The maximum atomic E-state index is 13.0. The van der Waals surface area contributed by atoms with E-state index in [4.69, 9.17) is 11.6 Å². The number of nitrogens with one attached hydrogen (secondary N) is 1. The molecular formula is C22H26BrClN2O2S. The molecule has 0 fully saturated rings. The van der Waals surface area contributed by atoms with Gasteiger partial charge in [0.25, 0.3) is 0 Å². The topological polar surface area (TPSA) is 49.4 Å². The predicted octanol–water partition coefficient (Wildman–Crippen LogP) is 5.53. The summed E-state index contributed by atoms with van der Waals surface area (Å²) < 4.78 is 0.948. The van der Waals surface area contributed by atoms with Gasteiger partial charge in [-0.05, 0) is 55.3 Å². The normalized spacial score (nSPS) is 11.7. The quantitative estimate of drug-likeness (QED) is 0.439. The molecule has 29 heavy (non-hydrogen) atoms. The maximum absolute atomic E-state index is 13.0. The van der Waals surface area contributed by atoms with E-state index >= 15 is 0 Å². The lowest BCUT2D eigenvalue weighted by atomic mass is 10.1. The van der Waals surface area contributed by atoms with Gasteiger partial charge in [0, 0.05) is 39.7 Å². The van der Waals surface area contributed by atoms with E-state index in [1.807, 2.05) is 55.5 Å². The van der Waals surface area contributed by atoms with Gasteiger partial charge in [-0.3, -0.25) is 9.59 Å². The molecule has 0 bridgehead atoms. The zero-order valence-corrected chi connectivity index (χ0v) is 19.8. The summed E-state index contributed by atoms with van der Waals surface area (Å²) in [6, 6.07) is 14.8. The molecule has 0 spiro atoms. The molecule has 0 aliphatic rings. The first-order chi connectivity index (χ1) is 13.9. The van der Waals surface area contributed by atoms with Crippen molar-refractivity contribution in [3.8, 4) is 0 Å². The second-order valence-corrected chi connectivity index (χ2v) is 9.19. The molecule has 0 saturated heterocycles. The molecule has 7 heteroatoms. The summed E-state index contributed by atoms with van der Waals surface area (Å²) in [4.78, 5) is 28.2. The molecule has 1 N–H and O–H groups in total. The van der Waals surface area contributed by atoms with E-state index in [0.29, 0.717) is 30.3 Å². The van der Waals surface area contributed by atoms with Crippen LogP contribution in [0.4, 0.5) is 0 Å². The molecule has 4 nitrogen and oxygen atoms in total. The largest absolute Gasteiger partial charge is 0.354 e. The fourth-order valence-corrected chi connectivity index (χ4v) is 4.15. The first-order valence-corrected chi connectivity index (χ1v) is 11.8. The number of amides is 2. The molecule has 2 rings (SSSR count). The van der Waals surface area contributed by atoms with Crippen molar-refractivity contribution in [1.82, 2.24) is 10.2 Å². The van der Waals surface area contributed by atoms with Crippen LogP contribution in [0.15, 0.2) is 57.9 Å². The minimum absolute atomic E-state index is 0.0365. The summed E-state index contributed by atoms with van der Waals surface area (Å²) in [7, 11) is 0. The summed E-state index contributed by atoms with van der Waals surface area (Å²) >= 11 is 11.0. The lowest BCUT2D eigenvalue weighted by Gasteiger charge is -2.29. The highest BCUT2D eigenvalue weighted by Crippen LogP contribution is 2.22. The monoisotopic (exact) mass is 496 g/mol. The molecule has 0 heterocycles. The number of halogens is 2. The maximum Gasteiger partial charge on any atom is 0.242 e. The van der Waals surface area contributed by atoms with Crippen molar-refractivity contribution in [2.45, 2.75) is 44.2 Å². The number of rotatable bonds is 10. The van der Waals surface area contributed by atoms with E-state index in [2.05, 4.69) is 21.2 Å². The third kappa shape index (κ3) is 8.03. The van der Waals surface area contributed by atoms with Crippen LogP contribution in [0.25, 0.3) is 0 Å². The summed E-state index contributed by atoms with van der Waals surface area (Å²) in [5, 5.41) is 3.58. The number of carbonyl (C=O) groups excluding carboxylic acids is 2. The second-order valence-electron chi connectivity index (χ2n) is 6.67. The SMILES string of the molecule is CCCNC(=O)[C@@H](C)N(Cc1cccc(Br)c1)C(=O)CCSc1ccc(Cl)cc1. The zero-order chi connectivity index (χ0) is 21.2. The molecule has 0 unspecified atom stereocenters. The average molecular weight is 498 g/mol. The smallest absolute Gasteiger partial charge is 0.242 e. The molecule has 2 amide bonds. The van der Waals surface area contributed by atoms with Gasteiger partial charge >= 0.3 is 0 Å². The Hall–Kier alpha value is -1.50. The van der Waals surface area contributed by atoms with Crippen LogP contribution >= 0.6 is 39.3 Å². The van der Waals surface area contributed by atoms with E-state index in [1.54, 1.807) is 23.6 Å². The minimum atomic E-state index is -0.534. The van der Waals surface area contributed by atoms with E-state index in [1.165, 1.54) is 0 Å². The lowest BCUT2D eigenvalue weighted by Crippen LogP contribution is -2.47. The molecule has 2 aromatic rings. The Balaban J connectivity index is 2.04. The molecule has 0 aromatic heterocycles. The van der Waals surface area contributed by atoms with Gasteiger partial charge in [0.15, 0.2) is 0 Å². The third-order valence-electron chi connectivity index (χ3n) is 4.36. The second kappa shape index (κ2) is 12.3. The summed E-state index contributed by atoms with van der Waals surface area (Å²) in [5.41, 5.74) is 0.980. The number of benzene rings is 2. The minimum Gasteiger partial charge on any atom is -0.354 e. The number of thioether (sulfide) groups is 1. The van der Waals surface area contributed by atoms with Crippen LogP contribution in [0, 0.1) is 0 Å². The summed E-state index contributed by atoms with van der Waals surface area (Å²) in [5.74, 6) is 0.477. The Morgan fingerprint density at radius 2 is 1.93 bits per heavy atom. The summed E-state index contributed by atoms with van der Waals surface area (Å²) in [6.45, 7) is 4.79. The van der Waals surface area contributed by atoms with Crippen LogP contribution in [-0.4, -0.2) is 35.1 Å². The molecule has 0 saturated carbocycles. The molecule has 156 valence electrons. The standard InChI is InChI=1S/C22H26BrClN2O2S/c1-3-12-25-22(28)16(2)26(15-17-5-4-6-18(23)14-17)21(27)11-13-29-20-9-7-19(24)8-10-20/h4-10,14,16H,3,11-13,15H2,1-2H3,(H,25,28)/t16-/m1/s1. The van der Waals surface area contributed by atoms with Gasteiger partial charge in [0.1, 0.15) is 6.04 Å². The Labute approximate surface area is 190 Å². The highest BCUT2D eigenvalue weighted by molar-refractivity contribution is 9.10. The van der Waals surface area contributed by atoms with Crippen molar-refractivity contribution < 1.29 is 9.59 Å². The van der Waals surface area contributed by atoms with Gasteiger partial charge in [-0.2, -0.15) is 0 Å². The van der Waals surface area contributed by atoms with Crippen molar-refractivity contribution >= 4 is 51.1 Å². The van der Waals surface area contributed by atoms with E-state index in [-0.39, 0.29) is 11.8 Å². The van der Waals surface area contributed by atoms with Crippen molar-refractivity contribution in [3.63, 3.8) is 0 Å². The van der Waals surface area contributed by atoms with Crippen LogP contribution in [0.5, 0.6) is 0 Å². The van der Waals surface area contributed by atoms with Crippen molar-refractivity contribution in [2.24, 2.45) is 0 Å². The van der Waals surface area contributed by atoms with Crippen LogP contribution in [0.1, 0.15) is 32.3 Å². The molecule has 0 aliphatic heterocycles.